The van der Waals surface area contributed by atoms with Crippen LogP contribution in [0.2, 0.25) is 0 Å². The average molecular weight is 399 g/mol. The van der Waals surface area contributed by atoms with Gasteiger partial charge in [0.15, 0.2) is 0 Å². The highest BCUT2D eigenvalue weighted by molar-refractivity contribution is 5.32. The number of rotatable bonds is 7. The van der Waals surface area contributed by atoms with Crippen molar-refractivity contribution in [2.24, 2.45) is 5.92 Å². The van der Waals surface area contributed by atoms with Gasteiger partial charge in [0.1, 0.15) is 5.82 Å². The maximum atomic E-state index is 9.57. The van der Waals surface area contributed by atoms with Crippen molar-refractivity contribution in [2.75, 3.05) is 59.4 Å². The summed E-state index contributed by atoms with van der Waals surface area (Å²) in [5.74, 6) is 1.60. The number of likely N-dealkylation sites (N-methyl/N-ethyl adjacent to an activating group) is 1. The average Bonchev–Trinajstić information content (AvgIpc) is 3.16. The Kier molecular flexibility index (Phi) is 8.21. The zero-order valence-corrected chi connectivity index (χ0v) is 18.4. The van der Waals surface area contributed by atoms with Crippen molar-refractivity contribution in [3.05, 3.63) is 22.9 Å². The van der Waals surface area contributed by atoms with Gasteiger partial charge in [0.25, 0.3) is 0 Å². The smallest absolute Gasteiger partial charge is 0.300 e. The lowest BCUT2D eigenvalue weighted by atomic mass is 9.95. The molecule has 6 heteroatoms. The van der Waals surface area contributed by atoms with Gasteiger partial charge in [-0.1, -0.05) is 6.42 Å². The molecule has 0 bridgehead atoms. The quantitative estimate of drug-likeness (QED) is 0.487. The summed E-state index contributed by atoms with van der Waals surface area (Å²) >= 11 is 0. The van der Waals surface area contributed by atoms with Crippen LogP contribution in [0.15, 0.2) is 11.5 Å². The van der Waals surface area contributed by atoms with Gasteiger partial charge in [0.2, 0.25) is 0 Å². The maximum absolute atomic E-state index is 9.57. The Balaban J connectivity index is 1.57. The van der Waals surface area contributed by atoms with Crippen LogP contribution in [-0.2, 0) is 0 Å². The van der Waals surface area contributed by atoms with Gasteiger partial charge in [-0.2, -0.15) is 0 Å². The topological polar surface area (TPSA) is 41.1 Å². The van der Waals surface area contributed by atoms with Crippen molar-refractivity contribution in [3.63, 3.8) is 0 Å². The summed E-state index contributed by atoms with van der Waals surface area (Å²) in [5, 5.41) is 9.57. The van der Waals surface area contributed by atoms with Gasteiger partial charge in [-0.3, -0.25) is 4.90 Å². The first kappa shape index (κ1) is 21.9. The van der Waals surface area contributed by atoms with Crippen LogP contribution < -0.4 is 0 Å². The molecule has 0 aliphatic carbocycles. The molecule has 0 aromatic rings. The van der Waals surface area contributed by atoms with Gasteiger partial charge in [-0.15, -0.1) is 0 Å². The summed E-state index contributed by atoms with van der Waals surface area (Å²) in [7, 11) is 2.05. The fourth-order valence-electron chi connectivity index (χ4n) is 5.24. The van der Waals surface area contributed by atoms with Crippen LogP contribution in [0.4, 0.5) is 0 Å². The van der Waals surface area contributed by atoms with Gasteiger partial charge in [0, 0.05) is 45.8 Å². The molecule has 160 valence electrons. The molecule has 0 N–H and O–H groups in total. The normalized spacial score (nSPS) is 25.4. The Labute approximate surface area is 177 Å². The number of hydrogen-bond donors (Lipinski definition) is 0. The van der Waals surface area contributed by atoms with Crippen molar-refractivity contribution >= 4 is 0 Å². The van der Waals surface area contributed by atoms with E-state index in [1.165, 1.54) is 58.3 Å². The first-order valence-electron chi connectivity index (χ1n) is 11.6. The third-order valence-electron chi connectivity index (χ3n) is 7.08. The zero-order valence-electron chi connectivity index (χ0n) is 18.4. The minimum absolute atomic E-state index is 0.247. The second-order valence-electron chi connectivity index (χ2n) is 9.14. The molecule has 0 amide bonds. The first-order valence-corrected chi connectivity index (χ1v) is 11.6. The Bertz CT molecular complexity index is 615. The predicted molar refractivity (Wildman–Crippen MR) is 117 cm³/mol. The predicted octanol–water partition coefficient (Wildman–Crippen LogP) is 3.21. The van der Waals surface area contributed by atoms with Crippen molar-refractivity contribution in [1.29, 1.82) is 5.26 Å². The molecule has 3 rings (SSSR count). The molecular weight excluding hydrogens is 360 g/mol. The largest absolute Gasteiger partial charge is 0.368 e. The molecule has 0 saturated carbocycles. The summed E-state index contributed by atoms with van der Waals surface area (Å²) in [4.78, 5) is 13.2. The fraction of sp³-hybridized carbons (Fsp3) is 0.826. The van der Waals surface area contributed by atoms with Crippen LogP contribution in [-0.4, -0.2) is 85.0 Å². The van der Waals surface area contributed by atoms with E-state index in [1.807, 2.05) is 0 Å². The van der Waals surface area contributed by atoms with E-state index in [-0.39, 0.29) is 5.70 Å². The van der Waals surface area contributed by atoms with Crippen molar-refractivity contribution in [2.45, 2.75) is 57.9 Å². The highest BCUT2D eigenvalue weighted by Crippen LogP contribution is 2.26. The van der Waals surface area contributed by atoms with E-state index in [2.05, 4.69) is 44.5 Å². The molecule has 1 atom stereocenters. The Morgan fingerprint density at radius 3 is 2.38 bits per heavy atom. The minimum Gasteiger partial charge on any atom is -0.368 e. The summed E-state index contributed by atoms with van der Waals surface area (Å²) in [6.45, 7) is 18.5. The lowest BCUT2D eigenvalue weighted by Crippen LogP contribution is -2.44. The SMILES string of the molecule is [C-]#[N+]/C(C#N)=C(\N(C)CCN1CCC[C@H]1C)N1CCC(CN2CCCCC2)CC1. The Morgan fingerprint density at radius 1 is 1.07 bits per heavy atom. The van der Waals surface area contributed by atoms with Gasteiger partial charge in [-0.05, 0) is 71.0 Å². The molecular formula is C23H38N6. The third-order valence-corrected chi connectivity index (χ3v) is 7.08. The summed E-state index contributed by atoms with van der Waals surface area (Å²) in [6, 6.07) is 2.81. The number of nitrogens with zero attached hydrogens (tertiary/aromatic N) is 6. The number of likely N-dealkylation sites (tertiary alicyclic amines) is 3. The number of allylic oxidation sites excluding steroid dienone is 1. The lowest BCUT2D eigenvalue weighted by molar-refractivity contribution is 0.125. The van der Waals surface area contributed by atoms with E-state index in [4.69, 9.17) is 6.57 Å². The van der Waals surface area contributed by atoms with Gasteiger partial charge in [-0.25, -0.2) is 10.1 Å². The van der Waals surface area contributed by atoms with Crippen LogP contribution in [0.5, 0.6) is 0 Å². The van der Waals surface area contributed by atoms with Crippen LogP contribution >= 0.6 is 0 Å². The van der Waals surface area contributed by atoms with E-state index in [9.17, 15) is 5.26 Å². The molecule has 3 saturated heterocycles. The van der Waals surface area contributed by atoms with Gasteiger partial charge in [0.05, 0.1) is 12.6 Å². The molecule has 0 radical (unpaired) electrons. The molecule has 3 fully saturated rings. The molecule has 3 heterocycles. The van der Waals surface area contributed by atoms with E-state index in [1.54, 1.807) is 0 Å². The van der Waals surface area contributed by atoms with Crippen molar-refractivity contribution in [1.82, 2.24) is 19.6 Å². The van der Waals surface area contributed by atoms with Gasteiger partial charge < -0.3 is 14.7 Å². The number of piperidine rings is 2. The van der Waals surface area contributed by atoms with Gasteiger partial charge >= 0.3 is 5.70 Å². The number of nitriles is 1. The van der Waals surface area contributed by atoms with Crippen LogP contribution in [0.3, 0.4) is 0 Å². The van der Waals surface area contributed by atoms with E-state index < -0.39 is 0 Å². The molecule has 6 nitrogen and oxygen atoms in total. The molecule has 29 heavy (non-hydrogen) atoms. The summed E-state index contributed by atoms with van der Waals surface area (Å²) in [6.07, 6.45) is 8.97. The number of hydrogen-bond acceptors (Lipinski definition) is 5. The monoisotopic (exact) mass is 398 g/mol. The molecule has 0 aromatic carbocycles. The maximum Gasteiger partial charge on any atom is 0.300 e. The standard InChI is InChI=1S/C23H38N6/c1-20-8-7-13-28(20)17-16-26(3)23(22(18-24)25-2)29-14-9-21(10-15-29)19-27-11-5-4-6-12-27/h20-21H,4-17,19H2,1,3H3/b23-22+/t20-/m1/s1. The molecule has 3 aliphatic rings. The van der Waals surface area contributed by atoms with Crippen molar-refractivity contribution < 1.29 is 0 Å². The molecule has 3 aliphatic heterocycles. The second-order valence-corrected chi connectivity index (χ2v) is 9.14. The van der Waals surface area contributed by atoms with Crippen LogP contribution in [0.1, 0.15) is 51.9 Å². The van der Waals surface area contributed by atoms with Crippen LogP contribution in [0, 0.1) is 23.8 Å². The highest BCUT2D eigenvalue weighted by atomic mass is 15.3. The van der Waals surface area contributed by atoms with Crippen molar-refractivity contribution in [3.8, 4) is 6.07 Å². The Morgan fingerprint density at radius 2 is 1.79 bits per heavy atom. The Hall–Kier alpha value is -1.76. The zero-order chi connectivity index (χ0) is 20.6. The third kappa shape index (κ3) is 5.87. The molecule has 0 unspecified atom stereocenters. The molecule has 0 spiro atoms. The van der Waals surface area contributed by atoms with Crippen LogP contribution in [0.25, 0.3) is 4.85 Å². The minimum atomic E-state index is 0.247. The second kappa shape index (κ2) is 10.9. The summed E-state index contributed by atoms with van der Waals surface area (Å²) < 4.78 is 0. The lowest BCUT2D eigenvalue weighted by Gasteiger charge is -2.41. The molecule has 0 aromatic heterocycles. The first-order chi connectivity index (χ1) is 14.1. The van der Waals surface area contributed by atoms with E-state index >= 15 is 0 Å². The highest BCUT2D eigenvalue weighted by Gasteiger charge is 2.27. The fourth-order valence-corrected chi connectivity index (χ4v) is 5.24. The summed E-state index contributed by atoms with van der Waals surface area (Å²) in [5.41, 5.74) is 0.247. The van der Waals surface area contributed by atoms with E-state index in [0.29, 0.717) is 6.04 Å². The van der Waals surface area contributed by atoms with E-state index in [0.717, 1.165) is 50.8 Å².